The van der Waals surface area contributed by atoms with Crippen molar-refractivity contribution in [3.63, 3.8) is 0 Å². The Kier molecular flexibility index (Phi) is 3.94. The number of hydrogen-bond acceptors (Lipinski definition) is 3. The van der Waals surface area contributed by atoms with E-state index in [1.54, 1.807) is 11.8 Å². The predicted molar refractivity (Wildman–Crippen MR) is 72.9 cm³/mol. The fourth-order valence-electron chi connectivity index (χ4n) is 1.74. The van der Waals surface area contributed by atoms with Crippen molar-refractivity contribution in [1.29, 1.82) is 0 Å². The van der Waals surface area contributed by atoms with Gasteiger partial charge in [-0.2, -0.15) is 0 Å². The van der Waals surface area contributed by atoms with Crippen molar-refractivity contribution in [2.24, 2.45) is 7.05 Å². The van der Waals surface area contributed by atoms with Gasteiger partial charge in [-0.3, -0.25) is 0 Å². The van der Waals surface area contributed by atoms with Gasteiger partial charge in [0.25, 0.3) is 0 Å². The molecule has 0 radical (unpaired) electrons. The van der Waals surface area contributed by atoms with Gasteiger partial charge >= 0.3 is 0 Å². The Labute approximate surface area is 106 Å². The molecule has 0 aliphatic carbocycles. The summed E-state index contributed by atoms with van der Waals surface area (Å²) in [5.74, 6) is 2.00. The molecule has 0 bridgehead atoms. The third kappa shape index (κ3) is 2.57. The van der Waals surface area contributed by atoms with Crippen LogP contribution in [0.3, 0.4) is 0 Å². The summed E-state index contributed by atoms with van der Waals surface area (Å²) in [7, 11) is 2.06. The number of aromatic nitrogens is 2. The smallest absolute Gasteiger partial charge is 0.168 e. The Morgan fingerprint density at radius 2 is 2.18 bits per heavy atom. The Balaban J connectivity index is 2.35. The normalized spacial score (nSPS) is 11.0. The van der Waals surface area contributed by atoms with Gasteiger partial charge in [-0.05, 0) is 25.5 Å². The van der Waals surface area contributed by atoms with E-state index in [0.717, 1.165) is 34.1 Å². The molecule has 2 aromatic rings. The highest BCUT2D eigenvalue weighted by Crippen LogP contribution is 2.26. The quantitative estimate of drug-likeness (QED) is 0.760. The molecule has 0 spiro atoms. The first kappa shape index (κ1) is 12.3. The van der Waals surface area contributed by atoms with Gasteiger partial charge in [0, 0.05) is 18.9 Å². The van der Waals surface area contributed by atoms with Gasteiger partial charge < -0.3 is 9.30 Å². The second-order valence-electron chi connectivity index (χ2n) is 3.89. The molecule has 0 saturated heterocycles. The van der Waals surface area contributed by atoms with Gasteiger partial charge in [0.2, 0.25) is 0 Å². The lowest BCUT2D eigenvalue weighted by Crippen LogP contribution is -1.92. The summed E-state index contributed by atoms with van der Waals surface area (Å²) in [5.41, 5.74) is 2.17. The van der Waals surface area contributed by atoms with Crippen molar-refractivity contribution in [3.8, 4) is 5.75 Å². The van der Waals surface area contributed by atoms with E-state index in [9.17, 15) is 0 Å². The van der Waals surface area contributed by atoms with E-state index >= 15 is 0 Å². The molecule has 1 heterocycles. The highest BCUT2D eigenvalue weighted by Gasteiger charge is 2.08. The van der Waals surface area contributed by atoms with Crippen LogP contribution in [0.15, 0.2) is 23.4 Å². The van der Waals surface area contributed by atoms with Gasteiger partial charge in [0.15, 0.2) is 5.16 Å². The average molecular weight is 250 g/mol. The molecule has 17 heavy (non-hydrogen) atoms. The van der Waals surface area contributed by atoms with Crippen LogP contribution in [-0.2, 0) is 7.05 Å². The third-order valence-electron chi connectivity index (χ3n) is 2.56. The van der Waals surface area contributed by atoms with Crippen LogP contribution in [0.2, 0.25) is 0 Å². The van der Waals surface area contributed by atoms with E-state index in [0.29, 0.717) is 6.61 Å². The topological polar surface area (TPSA) is 27.1 Å². The highest BCUT2D eigenvalue weighted by molar-refractivity contribution is 7.99. The number of thioether (sulfide) groups is 1. The zero-order valence-corrected chi connectivity index (χ0v) is 11.4. The monoisotopic (exact) mass is 250 g/mol. The van der Waals surface area contributed by atoms with Crippen molar-refractivity contribution in [2.45, 2.75) is 25.4 Å². The lowest BCUT2D eigenvalue weighted by atomic mass is 10.3. The van der Waals surface area contributed by atoms with Crippen LogP contribution in [0.1, 0.15) is 20.3 Å². The van der Waals surface area contributed by atoms with Crippen LogP contribution >= 0.6 is 11.8 Å². The number of nitrogens with zero attached hydrogens (tertiary/aromatic N) is 2. The van der Waals surface area contributed by atoms with Gasteiger partial charge in [0.05, 0.1) is 17.6 Å². The molecule has 3 nitrogen and oxygen atoms in total. The summed E-state index contributed by atoms with van der Waals surface area (Å²) < 4.78 is 7.63. The standard InChI is InChI=1S/C13H18N2OS/c1-4-8-17-13-14-11-9-10(16-5-2)6-7-12(11)15(13)3/h6-7,9H,4-5,8H2,1-3H3. The molecule has 4 heteroatoms. The molecule has 2 rings (SSSR count). The molecule has 1 aromatic carbocycles. The first-order valence-corrected chi connectivity index (χ1v) is 6.97. The van der Waals surface area contributed by atoms with E-state index in [4.69, 9.17) is 4.74 Å². The van der Waals surface area contributed by atoms with Crippen LogP contribution in [-0.4, -0.2) is 21.9 Å². The maximum Gasteiger partial charge on any atom is 0.168 e. The van der Waals surface area contributed by atoms with Gasteiger partial charge in [-0.15, -0.1) is 0 Å². The number of benzene rings is 1. The average Bonchev–Trinajstić information content (AvgIpc) is 2.64. The largest absolute Gasteiger partial charge is 0.494 e. The predicted octanol–water partition coefficient (Wildman–Crippen LogP) is 3.47. The summed E-state index contributed by atoms with van der Waals surface area (Å²) in [5, 5.41) is 1.08. The summed E-state index contributed by atoms with van der Waals surface area (Å²) >= 11 is 1.80. The molecule has 0 atom stereocenters. The molecule has 0 aliphatic heterocycles. The number of fused-ring (bicyclic) bond motifs is 1. The van der Waals surface area contributed by atoms with Gasteiger partial charge in [-0.25, -0.2) is 4.98 Å². The van der Waals surface area contributed by atoms with E-state index < -0.39 is 0 Å². The van der Waals surface area contributed by atoms with Crippen molar-refractivity contribution in [1.82, 2.24) is 9.55 Å². The van der Waals surface area contributed by atoms with Gasteiger partial charge in [0.1, 0.15) is 5.75 Å². The molecule has 0 aliphatic rings. The summed E-state index contributed by atoms with van der Waals surface area (Å²) in [6.07, 6.45) is 1.16. The molecule has 0 fully saturated rings. The molecule has 92 valence electrons. The van der Waals surface area contributed by atoms with Crippen molar-refractivity contribution in [3.05, 3.63) is 18.2 Å². The first-order valence-electron chi connectivity index (χ1n) is 5.98. The Bertz CT molecular complexity index is 507. The number of aryl methyl sites for hydroxylation is 1. The second-order valence-corrected chi connectivity index (χ2v) is 4.95. The highest BCUT2D eigenvalue weighted by atomic mass is 32.2. The molecular weight excluding hydrogens is 232 g/mol. The number of ether oxygens (including phenoxy) is 1. The van der Waals surface area contributed by atoms with Gasteiger partial charge in [-0.1, -0.05) is 18.7 Å². The first-order chi connectivity index (χ1) is 8.26. The SMILES string of the molecule is CCCSc1nc2cc(OCC)ccc2n1C. The minimum Gasteiger partial charge on any atom is -0.494 e. The van der Waals surface area contributed by atoms with Crippen molar-refractivity contribution in [2.75, 3.05) is 12.4 Å². The molecule has 0 unspecified atom stereocenters. The fourth-order valence-corrected chi connectivity index (χ4v) is 2.58. The summed E-state index contributed by atoms with van der Waals surface area (Å²) in [6.45, 7) is 4.86. The maximum atomic E-state index is 5.49. The van der Waals surface area contributed by atoms with E-state index in [1.807, 2.05) is 19.1 Å². The van der Waals surface area contributed by atoms with Crippen LogP contribution < -0.4 is 4.74 Å². The van der Waals surface area contributed by atoms with Crippen molar-refractivity contribution >= 4 is 22.8 Å². The summed E-state index contributed by atoms with van der Waals surface area (Å²) in [4.78, 5) is 4.64. The lowest BCUT2D eigenvalue weighted by Gasteiger charge is -2.02. The molecule has 0 N–H and O–H groups in total. The van der Waals surface area contributed by atoms with E-state index in [2.05, 4.69) is 29.6 Å². The van der Waals surface area contributed by atoms with Crippen LogP contribution in [0.4, 0.5) is 0 Å². The zero-order chi connectivity index (χ0) is 12.3. The van der Waals surface area contributed by atoms with Crippen LogP contribution in [0.5, 0.6) is 5.75 Å². The van der Waals surface area contributed by atoms with Crippen LogP contribution in [0.25, 0.3) is 11.0 Å². The number of rotatable bonds is 5. The molecule has 0 amide bonds. The Morgan fingerprint density at radius 3 is 2.88 bits per heavy atom. The molecular formula is C13H18N2OS. The third-order valence-corrected chi connectivity index (χ3v) is 3.79. The minimum atomic E-state index is 0.690. The van der Waals surface area contributed by atoms with E-state index in [1.165, 1.54) is 0 Å². The van der Waals surface area contributed by atoms with E-state index in [-0.39, 0.29) is 0 Å². The summed E-state index contributed by atoms with van der Waals surface area (Å²) in [6, 6.07) is 6.08. The fraction of sp³-hybridized carbons (Fsp3) is 0.462. The molecule has 0 saturated carbocycles. The Hall–Kier alpha value is -1.16. The number of imidazole rings is 1. The zero-order valence-electron chi connectivity index (χ0n) is 10.6. The minimum absolute atomic E-state index is 0.690. The maximum absolute atomic E-state index is 5.49. The number of hydrogen-bond donors (Lipinski definition) is 0. The second kappa shape index (κ2) is 5.45. The van der Waals surface area contributed by atoms with Crippen molar-refractivity contribution < 1.29 is 4.74 Å². The van der Waals surface area contributed by atoms with Crippen LogP contribution in [0, 0.1) is 0 Å². The molecule has 1 aromatic heterocycles. The lowest BCUT2D eigenvalue weighted by molar-refractivity contribution is 0.340. The Morgan fingerprint density at radius 1 is 1.35 bits per heavy atom.